The molecule has 2 aliphatic heterocycles. The van der Waals surface area contributed by atoms with Crippen LogP contribution in [0.3, 0.4) is 0 Å². The van der Waals surface area contributed by atoms with Crippen molar-refractivity contribution in [3.05, 3.63) is 46.6 Å². The first-order valence-corrected chi connectivity index (χ1v) is 8.07. The Hall–Kier alpha value is -1.83. The van der Waals surface area contributed by atoms with Gasteiger partial charge >= 0.3 is 0 Å². The third-order valence-electron chi connectivity index (χ3n) is 3.57. The molecular weight excluding hydrogens is 362 g/mol. The first-order chi connectivity index (χ1) is 11.2. The maximum atomic E-state index is 12.7. The van der Waals surface area contributed by atoms with E-state index in [4.69, 9.17) is 9.84 Å². The SMILES string of the molecule is O=C(c1ccccc1)C1CC(OCCO)N2C=C(Br)C=NC2=N1. The maximum absolute atomic E-state index is 12.7. The molecule has 120 valence electrons. The highest BCUT2D eigenvalue weighted by Crippen LogP contribution is 2.25. The van der Waals surface area contributed by atoms with E-state index in [1.54, 1.807) is 23.2 Å². The number of benzene rings is 1. The number of ether oxygens (including phenoxy) is 1. The molecule has 0 spiro atoms. The number of aliphatic hydroxyl groups is 1. The van der Waals surface area contributed by atoms with E-state index in [0.717, 1.165) is 4.48 Å². The van der Waals surface area contributed by atoms with Gasteiger partial charge in [0.15, 0.2) is 5.78 Å². The number of carbonyl (C=O) groups is 1. The van der Waals surface area contributed by atoms with E-state index < -0.39 is 12.3 Å². The summed E-state index contributed by atoms with van der Waals surface area (Å²) in [6.07, 6.45) is 3.46. The predicted molar refractivity (Wildman–Crippen MR) is 90.8 cm³/mol. The van der Waals surface area contributed by atoms with Crippen LogP contribution >= 0.6 is 15.9 Å². The van der Waals surface area contributed by atoms with E-state index in [1.165, 1.54) is 0 Å². The fourth-order valence-corrected chi connectivity index (χ4v) is 2.84. The molecular formula is C16H16BrN3O3. The molecule has 1 aromatic carbocycles. The summed E-state index contributed by atoms with van der Waals surface area (Å²) >= 11 is 3.37. The average molecular weight is 378 g/mol. The number of aliphatic imine (C=N–C) groups is 2. The topological polar surface area (TPSA) is 74.5 Å². The van der Waals surface area contributed by atoms with Gasteiger partial charge in [0, 0.05) is 24.4 Å². The van der Waals surface area contributed by atoms with Crippen LogP contribution in [-0.2, 0) is 4.74 Å². The number of fused-ring (bicyclic) bond motifs is 1. The van der Waals surface area contributed by atoms with E-state index in [1.807, 2.05) is 24.4 Å². The Bertz CT molecular complexity index is 672. The highest BCUT2D eigenvalue weighted by Gasteiger charge is 2.35. The lowest BCUT2D eigenvalue weighted by molar-refractivity contribution is -0.0356. The summed E-state index contributed by atoms with van der Waals surface area (Å²) in [5, 5.41) is 9.00. The highest BCUT2D eigenvalue weighted by atomic mass is 79.9. The number of allylic oxidation sites excluding steroid dienone is 1. The zero-order valence-corrected chi connectivity index (χ0v) is 13.9. The Morgan fingerprint density at radius 1 is 1.39 bits per heavy atom. The lowest BCUT2D eigenvalue weighted by Crippen LogP contribution is -2.47. The van der Waals surface area contributed by atoms with Crippen molar-refractivity contribution in [3.63, 3.8) is 0 Å². The van der Waals surface area contributed by atoms with Gasteiger partial charge < -0.3 is 9.84 Å². The molecule has 0 amide bonds. The number of ketones is 1. The van der Waals surface area contributed by atoms with E-state index >= 15 is 0 Å². The minimum Gasteiger partial charge on any atom is -0.394 e. The van der Waals surface area contributed by atoms with E-state index in [9.17, 15) is 4.79 Å². The standard InChI is InChI=1S/C16H16BrN3O3/c17-12-9-18-16-19-13(15(22)11-4-2-1-3-5-11)8-14(20(16)10-12)23-7-6-21/h1-5,9-10,13-14,21H,6-8H2. The van der Waals surface area contributed by atoms with Crippen molar-refractivity contribution >= 4 is 33.9 Å². The van der Waals surface area contributed by atoms with Crippen LogP contribution in [0.25, 0.3) is 0 Å². The molecule has 3 rings (SSSR count). The van der Waals surface area contributed by atoms with Crippen molar-refractivity contribution in [2.75, 3.05) is 13.2 Å². The maximum Gasteiger partial charge on any atom is 0.227 e. The van der Waals surface area contributed by atoms with Gasteiger partial charge in [-0.15, -0.1) is 0 Å². The molecule has 0 saturated carbocycles. The van der Waals surface area contributed by atoms with Crippen LogP contribution in [0.1, 0.15) is 16.8 Å². The molecule has 1 aromatic rings. The van der Waals surface area contributed by atoms with Crippen molar-refractivity contribution in [1.82, 2.24) is 4.90 Å². The third kappa shape index (κ3) is 3.57. The van der Waals surface area contributed by atoms with Gasteiger partial charge in [0.2, 0.25) is 5.96 Å². The Labute approximate surface area is 142 Å². The van der Waals surface area contributed by atoms with Gasteiger partial charge in [0.1, 0.15) is 12.3 Å². The Morgan fingerprint density at radius 3 is 2.91 bits per heavy atom. The van der Waals surface area contributed by atoms with E-state index in [0.29, 0.717) is 17.9 Å². The summed E-state index contributed by atoms with van der Waals surface area (Å²) in [6.45, 7) is 0.109. The van der Waals surface area contributed by atoms with Crippen molar-refractivity contribution in [2.45, 2.75) is 18.7 Å². The molecule has 0 aromatic heterocycles. The molecule has 2 atom stereocenters. The summed E-state index contributed by atoms with van der Waals surface area (Å²) in [5.41, 5.74) is 0.618. The first kappa shape index (κ1) is 16.0. The van der Waals surface area contributed by atoms with E-state index in [2.05, 4.69) is 25.9 Å². The van der Waals surface area contributed by atoms with E-state index in [-0.39, 0.29) is 19.0 Å². The van der Waals surface area contributed by atoms with Gasteiger partial charge in [-0.05, 0) is 15.9 Å². The van der Waals surface area contributed by atoms with Crippen LogP contribution in [0, 0.1) is 0 Å². The van der Waals surface area contributed by atoms with Crippen LogP contribution in [0.15, 0.2) is 51.0 Å². The fourth-order valence-electron chi connectivity index (χ4n) is 2.52. The number of aliphatic hydroxyl groups excluding tert-OH is 1. The molecule has 2 aliphatic rings. The van der Waals surface area contributed by atoms with Crippen molar-refractivity contribution < 1.29 is 14.6 Å². The molecule has 0 aliphatic carbocycles. The number of Topliss-reactive ketones (excluding diaryl/α,β-unsaturated/α-hetero) is 1. The monoisotopic (exact) mass is 377 g/mol. The van der Waals surface area contributed by atoms with Crippen molar-refractivity contribution in [1.29, 1.82) is 0 Å². The second-order valence-corrected chi connectivity index (χ2v) is 6.06. The molecule has 0 fully saturated rings. The summed E-state index contributed by atoms with van der Waals surface area (Å²) in [6, 6.07) is 8.53. The van der Waals surface area contributed by atoms with Gasteiger partial charge in [0.05, 0.1) is 17.7 Å². The Kier molecular flexibility index (Phi) is 5.00. The average Bonchev–Trinajstić information content (AvgIpc) is 2.59. The minimum absolute atomic E-state index is 0.0563. The predicted octanol–water partition coefficient (Wildman–Crippen LogP) is 1.96. The normalized spacial score (nSPS) is 23.1. The zero-order valence-electron chi connectivity index (χ0n) is 12.3. The van der Waals surface area contributed by atoms with Crippen LogP contribution in [0.2, 0.25) is 0 Å². The first-order valence-electron chi connectivity index (χ1n) is 7.28. The molecule has 6 nitrogen and oxygen atoms in total. The molecule has 1 N–H and O–H groups in total. The molecule has 0 bridgehead atoms. The second kappa shape index (κ2) is 7.16. The zero-order chi connectivity index (χ0) is 16.2. The van der Waals surface area contributed by atoms with Crippen LogP contribution in [-0.4, -0.2) is 53.4 Å². The molecule has 2 heterocycles. The number of rotatable bonds is 5. The summed E-state index contributed by atoms with van der Waals surface area (Å²) in [7, 11) is 0. The highest BCUT2D eigenvalue weighted by molar-refractivity contribution is 9.12. The molecule has 7 heteroatoms. The van der Waals surface area contributed by atoms with Crippen LogP contribution in [0.5, 0.6) is 0 Å². The number of carbonyl (C=O) groups excluding carboxylic acids is 1. The van der Waals surface area contributed by atoms with Crippen LogP contribution < -0.4 is 0 Å². The largest absolute Gasteiger partial charge is 0.394 e. The van der Waals surface area contributed by atoms with Gasteiger partial charge in [0.25, 0.3) is 0 Å². The lowest BCUT2D eigenvalue weighted by Gasteiger charge is -2.36. The van der Waals surface area contributed by atoms with Crippen molar-refractivity contribution in [3.8, 4) is 0 Å². The fraction of sp³-hybridized carbons (Fsp3) is 0.312. The number of nitrogens with zero attached hydrogens (tertiary/aromatic N) is 3. The second-order valence-electron chi connectivity index (χ2n) is 5.14. The number of hydrogen-bond donors (Lipinski definition) is 1. The molecule has 0 saturated heterocycles. The van der Waals surface area contributed by atoms with Gasteiger partial charge in [-0.25, -0.2) is 9.98 Å². The quantitative estimate of drug-likeness (QED) is 0.795. The summed E-state index contributed by atoms with van der Waals surface area (Å²) in [5.74, 6) is 0.385. The Morgan fingerprint density at radius 2 is 2.17 bits per heavy atom. The minimum atomic E-state index is -0.547. The Balaban J connectivity index is 1.87. The molecule has 0 radical (unpaired) electrons. The van der Waals surface area contributed by atoms with Gasteiger partial charge in [-0.1, -0.05) is 30.3 Å². The number of hydrogen-bond acceptors (Lipinski definition) is 6. The number of halogens is 1. The summed E-state index contributed by atoms with van der Waals surface area (Å²) < 4.78 is 6.46. The van der Waals surface area contributed by atoms with Gasteiger partial charge in [-0.2, -0.15) is 0 Å². The number of guanidine groups is 1. The smallest absolute Gasteiger partial charge is 0.227 e. The van der Waals surface area contributed by atoms with Gasteiger partial charge in [-0.3, -0.25) is 9.69 Å². The lowest BCUT2D eigenvalue weighted by atomic mass is 10.00. The molecule has 23 heavy (non-hydrogen) atoms. The molecule has 2 unspecified atom stereocenters. The summed E-state index contributed by atoms with van der Waals surface area (Å²) in [4.78, 5) is 23.1. The van der Waals surface area contributed by atoms with Crippen LogP contribution in [0.4, 0.5) is 0 Å². The van der Waals surface area contributed by atoms with Crippen molar-refractivity contribution in [2.24, 2.45) is 9.98 Å². The third-order valence-corrected chi connectivity index (χ3v) is 3.98.